The van der Waals surface area contributed by atoms with Gasteiger partial charge in [0.1, 0.15) is 5.82 Å². The average molecular weight is 298 g/mol. The summed E-state index contributed by atoms with van der Waals surface area (Å²) in [7, 11) is 4.20. The molecule has 0 spiro atoms. The minimum atomic E-state index is -0.137. The van der Waals surface area contributed by atoms with Crippen molar-refractivity contribution < 1.29 is 4.39 Å². The van der Waals surface area contributed by atoms with Crippen molar-refractivity contribution in [1.82, 2.24) is 4.90 Å². The van der Waals surface area contributed by atoms with Crippen molar-refractivity contribution in [2.45, 2.75) is 25.3 Å². The van der Waals surface area contributed by atoms with Crippen molar-refractivity contribution in [2.24, 2.45) is 0 Å². The van der Waals surface area contributed by atoms with Crippen LogP contribution in [0.4, 0.5) is 4.39 Å². The van der Waals surface area contributed by atoms with E-state index in [4.69, 9.17) is 0 Å². The minimum absolute atomic E-state index is 0.137. The monoisotopic (exact) mass is 297 g/mol. The molecule has 0 aromatic heterocycles. The van der Waals surface area contributed by atoms with Crippen LogP contribution in [0, 0.1) is 5.82 Å². The van der Waals surface area contributed by atoms with Crippen LogP contribution in [-0.4, -0.2) is 25.0 Å². The summed E-state index contributed by atoms with van der Waals surface area (Å²) in [6.07, 6.45) is 5.24. The third-order valence-electron chi connectivity index (χ3n) is 3.41. The maximum atomic E-state index is 13.9. The molecule has 92 valence electrons. The van der Waals surface area contributed by atoms with E-state index in [1.165, 1.54) is 0 Å². The van der Waals surface area contributed by atoms with Crippen LogP contribution < -0.4 is 0 Å². The van der Waals surface area contributed by atoms with Crippen LogP contribution in [0.15, 0.2) is 28.7 Å². The van der Waals surface area contributed by atoms with Crippen molar-refractivity contribution in [2.75, 3.05) is 14.1 Å². The molecule has 1 aliphatic carbocycles. The highest BCUT2D eigenvalue weighted by molar-refractivity contribution is 9.10. The van der Waals surface area contributed by atoms with Gasteiger partial charge in [-0.05, 0) is 60.9 Å². The van der Waals surface area contributed by atoms with E-state index in [-0.39, 0.29) is 5.82 Å². The minimum Gasteiger partial charge on any atom is -0.306 e. The first-order valence-corrected chi connectivity index (χ1v) is 6.68. The lowest BCUT2D eigenvalue weighted by Gasteiger charge is -2.27. The zero-order valence-electron chi connectivity index (χ0n) is 10.2. The summed E-state index contributed by atoms with van der Waals surface area (Å²) in [4.78, 5) is 2.24. The van der Waals surface area contributed by atoms with Crippen LogP contribution in [0.3, 0.4) is 0 Å². The van der Waals surface area contributed by atoms with Gasteiger partial charge in [-0.3, -0.25) is 0 Å². The summed E-state index contributed by atoms with van der Waals surface area (Å²) in [5.74, 6) is -0.137. The largest absolute Gasteiger partial charge is 0.306 e. The molecule has 0 saturated heterocycles. The van der Waals surface area contributed by atoms with E-state index < -0.39 is 0 Å². The Kier molecular flexibility index (Phi) is 4.00. The van der Waals surface area contributed by atoms with E-state index in [9.17, 15) is 4.39 Å². The predicted molar refractivity (Wildman–Crippen MR) is 73.4 cm³/mol. The van der Waals surface area contributed by atoms with Crippen LogP contribution in [0.25, 0.3) is 5.57 Å². The van der Waals surface area contributed by atoms with Gasteiger partial charge in [0.2, 0.25) is 0 Å². The van der Waals surface area contributed by atoms with Crippen molar-refractivity contribution >= 4 is 21.5 Å². The van der Waals surface area contributed by atoms with Crippen molar-refractivity contribution in [3.05, 3.63) is 40.1 Å². The lowest BCUT2D eigenvalue weighted by molar-refractivity contribution is 0.277. The first-order valence-electron chi connectivity index (χ1n) is 5.89. The number of benzene rings is 1. The molecule has 0 radical (unpaired) electrons. The van der Waals surface area contributed by atoms with Gasteiger partial charge in [0.05, 0.1) is 4.47 Å². The molecule has 2 rings (SSSR count). The lowest BCUT2D eigenvalue weighted by Crippen LogP contribution is -2.29. The van der Waals surface area contributed by atoms with Gasteiger partial charge in [-0.2, -0.15) is 0 Å². The SMILES string of the molecule is CN(C)C1CC=C(c2cccc(Br)c2F)CC1. The maximum absolute atomic E-state index is 13.9. The van der Waals surface area contributed by atoms with Gasteiger partial charge < -0.3 is 4.90 Å². The summed E-state index contributed by atoms with van der Waals surface area (Å²) in [5, 5.41) is 0. The molecule has 0 heterocycles. The molecular weight excluding hydrogens is 281 g/mol. The molecule has 17 heavy (non-hydrogen) atoms. The first kappa shape index (κ1) is 12.8. The quantitative estimate of drug-likeness (QED) is 0.795. The Bertz CT molecular complexity index is 440. The zero-order chi connectivity index (χ0) is 12.4. The molecule has 1 unspecified atom stereocenters. The predicted octanol–water partition coefficient (Wildman–Crippen LogP) is 4.09. The molecule has 1 aromatic carbocycles. The van der Waals surface area contributed by atoms with Crippen LogP contribution >= 0.6 is 15.9 Å². The molecule has 0 bridgehead atoms. The fourth-order valence-corrected chi connectivity index (χ4v) is 2.65. The molecule has 0 saturated carbocycles. The Morgan fingerprint density at radius 1 is 1.35 bits per heavy atom. The second-order valence-corrected chi connectivity index (χ2v) is 5.58. The van der Waals surface area contributed by atoms with Gasteiger partial charge in [0.25, 0.3) is 0 Å². The number of rotatable bonds is 2. The highest BCUT2D eigenvalue weighted by Crippen LogP contribution is 2.32. The number of hydrogen-bond acceptors (Lipinski definition) is 1. The summed E-state index contributed by atoms with van der Waals surface area (Å²) in [5.41, 5.74) is 1.89. The highest BCUT2D eigenvalue weighted by Gasteiger charge is 2.19. The third-order valence-corrected chi connectivity index (χ3v) is 4.02. The van der Waals surface area contributed by atoms with Gasteiger partial charge in [-0.25, -0.2) is 4.39 Å². The molecule has 1 aromatic rings. The Labute approximate surface area is 110 Å². The van der Waals surface area contributed by atoms with Gasteiger partial charge in [0.15, 0.2) is 0 Å². The molecule has 1 aliphatic rings. The average Bonchev–Trinajstić information content (AvgIpc) is 2.33. The number of halogens is 2. The van der Waals surface area contributed by atoms with Crippen molar-refractivity contribution in [3.8, 4) is 0 Å². The van der Waals surface area contributed by atoms with E-state index >= 15 is 0 Å². The standard InChI is InChI=1S/C14H17BrFN/c1-17(2)11-8-6-10(7-9-11)12-4-3-5-13(15)14(12)16/h3-6,11H,7-9H2,1-2H3. The third kappa shape index (κ3) is 2.78. The Hall–Kier alpha value is -0.670. The van der Waals surface area contributed by atoms with Crippen LogP contribution in [-0.2, 0) is 0 Å². The summed E-state index contributed by atoms with van der Waals surface area (Å²) in [6, 6.07) is 6.09. The molecule has 0 fully saturated rings. The molecule has 1 atom stereocenters. The van der Waals surface area contributed by atoms with Crippen LogP contribution in [0.1, 0.15) is 24.8 Å². The zero-order valence-corrected chi connectivity index (χ0v) is 11.8. The number of nitrogens with zero attached hydrogens (tertiary/aromatic N) is 1. The van der Waals surface area contributed by atoms with Crippen LogP contribution in [0.2, 0.25) is 0 Å². The normalized spacial score (nSPS) is 20.5. The molecule has 0 aliphatic heterocycles. The molecule has 0 amide bonds. The maximum Gasteiger partial charge on any atom is 0.144 e. The van der Waals surface area contributed by atoms with E-state index in [0.29, 0.717) is 10.5 Å². The van der Waals surface area contributed by atoms with E-state index in [1.54, 1.807) is 6.07 Å². The second-order valence-electron chi connectivity index (χ2n) is 4.72. The molecule has 0 N–H and O–H groups in total. The Morgan fingerprint density at radius 2 is 2.12 bits per heavy atom. The van der Waals surface area contributed by atoms with E-state index in [0.717, 1.165) is 30.4 Å². The van der Waals surface area contributed by atoms with E-state index in [2.05, 4.69) is 41.0 Å². The van der Waals surface area contributed by atoms with Crippen molar-refractivity contribution in [3.63, 3.8) is 0 Å². The highest BCUT2D eigenvalue weighted by atomic mass is 79.9. The number of allylic oxidation sites excluding steroid dienone is 1. The number of hydrogen-bond donors (Lipinski definition) is 0. The molecular formula is C14H17BrFN. The summed E-state index contributed by atoms with van der Waals surface area (Å²) >= 11 is 3.24. The Balaban J connectivity index is 2.22. The van der Waals surface area contributed by atoms with Gasteiger partial charge >= 0.3 is 0 Å². The fraction of sp³-hybridized carbons (Fsp3) is 0.429. The lowest BCUT2D eigenvalue weighted by atomic mass is 9.90. The summed E-state index contributed by atoms with van der Waals surface area (Å²) in [6.45, 7) is 0. The second kappa shape index (κ2) is 5.32. The topological polar surface area (TPSA) is 3.24 Å². The molecule has 1 nitrogen and oxygen atoms in total. The summed E-state index contributed by atoms with van der Waals surface area (Å²) < 4.78 is 14.5. The van der Waals surface area contributed by atoms with E-state index in [1.807, 2.05) is 12.1 Å². The van der Waals surface area contributed by atoms with Gasteiger partial charge in [0, 0.05) is 11.6 Å². The van der Waals surface area contributed by atoms with Gasteiger partial charge in [-0.15, -0.1) is 0 Å². The molecule has 3 heteroatoms. The Morgan fingerprint density at radius 3 is 2.71 bits per heavy atom. The first-order chi connectivity index (χ1) is 8.09. The van der Waals surface area contributed by atoms with Crippen LogP contribution in [0.5, 0.6) is 0 Å². The van der Waals surface area contributed by atoms with Gasteiger partial charge in [-0.1, -0.05) is 18.2 Å². The smallest absolute Gasteiger partial charge is 0.144 e. The fourth-order valence-electron chi connectivity index (χ4n) is 2.29. The van der Waals surface area contributed by atoms with Crippen molar-refractivity contribution in [1.29, 1.82) is 0 Å².